The van der Waals surface area contributed by atoms with Crippen molar-refractivity contribution in [2.45, 2.75) is 6.92 Å². The lowest BCUT2D eigenvalue weighted by atomic mass is 9.98. The fraction of sp³-hybridized carbons (Fsp3) is 0.133. The Balaban J connectivity index is 2.46. The number of hydrogen-bond acceptors (Lipinski definition) is 3. The maximum Gasteiger partial charge on any atom is 0.193 e. The van der Waals surface area contributed by atoms with E-state index in [1.165, 1.54) is 13.2 Å². The second-order valence-electron chi connectivity index (χ2n) is 4.03. The van der Waals surface area contributed by atoms with E-state index in [0.717, 1.165) is 5.56 Å². The van der Waals surface area contributed by atoms with Crippen LogP contribution >= 0.6 is 0 Å². The molecule has 3 heteroatoms. The Morgan fingerprint density at radius 2 is 1.83 bits per heavy atom. The van der Waals surface area contributed by atoms with Gasteiger partial charge in [-0.05, 0) is 24.6 Å². The van der Waals surface area contributed by atoms with Crippen LogP contribution in [0.1, 0.15) is 21.5 Å². The lowest BCUT2D eigenvalue weighted by molar-refractivity contribution is 0.103. The number of methoxy groups -OCH3 is 1. The molecule has 1 N–H and O–H groups in total. The van der Waals surface area contributed by atoms with Crippen LogP contribution in [0.5, 0.6) is 11.5 Å². The zero-order valence-electron chi connectivity index (χ0n) is 10.3. The number of aromatic hydroxyl groups is 1. The monoisotopic (exact) mass is 242 g/mol. The predicted octanol–water partition coefficient (Wildman–Crippen LogP) is 2.94. The molecule has 0 saturated heterocycles. The van der Waals surface area contributed by atoms with E-state index in [2.05, 4.69) is 0 Å². The van der Waals surface area contributed by atoms with Crippen LogP contribution in [0.2, 0.25) is 0 Å². The number of benzene rings is 2. The average Bonchev–Trinajstić information content (AvgIpc) is 2.41. The molecule has 92 valence electrons. The van der Waals surface area contributed by atoms with Gasteiger partial charge in [0.15, 0.2) is 17.3 Å². The minimum absolute atomic E-state index is 0.0256. The van der Waals surface area contributed by atoms with Crippen molar-refractivity contribution in [2.75, 3.05) is 7.11 Å². The highest BCUT2D eigenvalue weighted by atomic mass is 16.5. The van der Waals surface area contributed by atoms with Crippen molar-refractivity contribution in [3.63, 3.8) is 0 Å². The second kappa shape index (κ2) is 4.92. The molecule has 2 rings (SSSR count). The van der Waals surface area contributed by atoms with Crippen LogP contribution in [0.4, 0.5) is 0 Å². The van der Waals surface area contributed by atoms with Gasteiger partial charge in [-0.25, -0.2) is 0 Å². The Kier molecular flexibility index (Phi) is 3.33. The van der Waals surface area contributed by atoms with Crippen molar-refractivity contribution in [1.29, 1.82) is 0 Å². The number of hydrogen-bond donors (Lipinski definition) is 1. The maximum absolute atomic E-state index is 12.3. The van der Waals surface area contributed by atoms with Crippen LogP contribution in [-0.4, -0.2) is 18.0 Å². The Morgan fingerprint density at radius 1 is 1.17 bits per heavy atom. The van der Waals surface area contributed by atoms with Crippen LogP contribution in [0.15, 0.2) is 42.5 Å². The van der Waals surface area contributed by atoms with E-state index in [1.807, 2.05) is 25.1 Å². The number of carbonyl (C=O) groups is 1. The minimum atomic E-state index is -0.106. The molecule has 2 aromatic carbocycles. The molecule has 0 aliphatic rings. The normalized spacial score (nSPS) is 10.1. The minimum Gasteiger partial charge on any atom is -0.504 e. The summed E-state index contributed by atoms with van der Waals surface area (Å²) in [5, 5.41) is 9.73. The van der Waals surface area contributed by atoms with Crippen LogP contribution < -0.4 is 4.74 Å². The molecule has 0 aromatic heterocycles. The van der Waals surface area contributed by atoms with E-state index in [4.69, 9.17) is 4.74 Å². The summed E-state index contributed by atoms with van der Waals surface area (Å²) < 4.78 is 5.00. The Morgan fingerprint density at radius 3 is 2.44 bits per heavy atom. The highest BCUT2D eigenvalue weighted by Crippen LogP contribution is 2.30. The van der Waals surface area contributed by atoms with Gasteiger partial charge in [-0.2, -0.15) is 0 Å². The number of ether oxygens (including phenoxy) is 1. The van der Waals surface area contributed by atoms with Gasteiger partial charge in [0.25, 0.3) is 0 Å². The summed E-state index contributed by atoms with van der Waals surface area (Å²) in [6, 6.07) is 12.1. The number of phenolic OH excluding ortho intramolecular Hbond substituents is 1. The zero-order valence-corrected chi connectivity index (χ0v) is 10.3. The van der Waals surface area contributed by atoms with E-state index in [-0.39, 0.29) is 11.5 Å². The molecule has 0 bridgehead atoms. The standard InChI is InChI=1S/C15H14O3/c1-10-8-14(18-2)13(16)9-12(10)15(17)11-6-4-3-5-7-11/h3-9,16H,1-2H3. The van der Waals surface area contributed by atoms with Gasteiger partial charge in [0.1, 0.15) is 0 Å². The van der Waals surface area contributed by atoms with Gasteiger partial charge in [0.05, 0.1) is 7.11 Å². The third-order valence-electron chi connectivity index (χ3n) is 2.81. The summed E-state index contributed by atoms with van der Waals surface area (Å²) in [5.74, 6) is 0.241. The Labute approximate surface area is 106 Å². The summed E-state index contributed by atoms with van der Waals surface area (Å²) in [5.41, 5.74) is 1.86. The molecular weight excluding hydrogens is 228 g/mol. The van der Waals surface area contributed by atoms with Gasteiger partial charge in [-0.3, -0.25) is 4.79 Å². The van der Waals surface area contributed by atoms with Crippen LogP contribution in [-0.2, 0) is 0 Å². The topological polar surface area (TPSA) is 46.5 Å². The fourth-order valence-corrected chi connectivity index (χ4v) is 1.82. The van der Waals surface area contributed by atoms with E-state index < -0.39 is 0 Å². The average molecular weight is 242 g/mol. The number of carbonyl (C=O) groups excluding carboxylic acids is 1. The van der Waals surface area contributed by atoms with Crippen LogP contribution in [0, 0.1) is 6.92 Å². The van der Waals surface area contributed by atoms with Gasteiger partial charge in [-0.1, -0.05) is 30.3 Å². The Hall–Kier alpha value is -2.29. The summed E-state index contributed by atoms with van der Waals surface area (Å²) in [6.45, 7) is 1.82. The lowest BCUT2D eigenvalue weighted by Gasteiger charge is -2.09. The molecule has 2 aromatic rings. The van der Waals surface area contributed by atoms with Crippen LogP contribution in [0.25, 0.3) is 0 Å². The molecule has 0 aliphatic heterocycles. The maximum atomic E-state index is 12.3. The molecule has 0 atom stereocenters. The first-order valence-corrected chi connectivity index (χ1v) is 5.61. The highest BCUT2D eigenvalue weighted by Gasteiger charge is 2.14. The fourth-order valence-electron chi connectivity index (χ4n) is 1.82. The number of ketones is 1. The summed E-state index contributed by atoms with van der Waals surface area (Å²) in [7, 11) is 1.48. The molecule has 0 heterocycles. The molecule has 0 amide bonds. The predicted molar refractivity (Wildman–Crippen MR) is 69.3 cm³/mol. The molecule has 0 aliphatic carbocycles. The summed E-state index contributed by atoms with van der Waals surface area (Å²) >= 11 is 0. The van der Waals surface area contributed by atoms with E-state index in [9.17, 15) is 9.90 Å². The molecule has 18 heavy (non-hydrogen) atoms. The van der Waals surface area contributed by atoms with Crippen molar-refractivity contribution < 1.29 is 14.6 Å². The van der Waals surface area contributed by atoms with Crippen molar-refractivity contribution in [1.82, 2.24) is 0 Å². The molecule has 3 nitrogen and oxygen atoms in total. The number of phenols is 1. The first-order valence-electron chi connectivity index (χ1n) is 5.61. The van der Waals surface area contributed by atoms with E-state index in [1.54, 1.807) is 18.2 Å². The van der Waals surface area contributed by atoms with Crippen molar-refractivity contribution >= 4 is 5.78 Å². The van der Waals surface area contributed by atoms with Crippen molar-refractivity contribution in [3.05, 3.63) is 59.2 Å². The van der Waals surface area contributed by atoms with Gasteiger partial charge < -0.3 is 9.84 Å². The van der Waals surface area contributed by atoms with Gasteiger partial charge in [0, 0.05) is 11.1 Å². The second-order valence-corrected chi connectivity index (χ2v) is 4.03. The highest BCUT2D eigenvalue weighted by molar-refractivity contribution is 6.10. The molecule has 0 spiro atoms. The molecule has 0 unspecified atom stereocenters. The Bertz CT molecular complexity index is 574. The van der Waals surface area contributed by atoms with Crippen LogP contribution in [0.3, 0.4) is 0 Å². The molecule has 0 radical (unpaired) electrons. The van der Waals surface area contributed by atoms with Gasteiger partial charge in [-0.15, -0.1) is 0 Å². The van der Waals surface area contributed by atoms with Crippen molar-refractivity contribution in [3.8, 4) is 11.5 Å². The number of rotatable bonds is 3. The third kappa shape index (κ3) is 2.20. The van der Waals surface area contributed by atoms with E-state index in [0.29, 0.717) is 16.9 Å². The first-order chi connectivity index (χ1) is 8.63. The third-order valence-corrected chi connectivity index (χ3v) is 2.81. The zero-order chi connectivity index (χ0) is 13.1. The SMILES string of the molecule is COc1cc(C)c(C(=O)c2ccccc2)cc1O. The van der Waals surface area contributed by atoms with Gasteiger partial charge in [0.2, 0.25) is 0 Å². The van der Waals surface area contributed by atoms with Gasteiger partial charge >= 0.3 is 0 Å². The first kappa shape index (κ1) is 12.2. The number of aryl methyl sites for hydroxylation is 1. The smallest absolute Gasteiger partial charge is 0.193 e. The molecule has 0 fully saturated rings. The molecule has 0 saturated carbocycles. The summed E-state index contributed by atoms with van der Waals surface area (Å²) in [4.78, 5) is 12.3. The quantitative estimate of drug-likeness (QED) is 0.842. The molecular formula is C15H14O3. The summed E-state index contributed by atoms with van der Waals surface area (Å²) in [6.07, 6.45) is 0. The lowest BCUT2D eigenvalue weighted by Crippen LogP contribution is -2.03. The van der Waals surface area contributed by atoms with Crippen molar-refractivity contribution in [2.24, 2.45) is 0 Å². The largest absolute Gasteiger partial charge is 0.504 e. The van der Waals surface area contributed by atoms with E-state index >= 15 is 0 Å².